The number of amides is 3. The number of alkyl halides is 3. The highest BCUT2D eigenvalue weighted by atomic mass is 19.4. The summed E-state index contributed by atoms with van der Waals surface area (Å²) in [4.78, 5) is 39.6. The van der Waals surface area contributed by atoms with Crippen LogP contribution in [0.1, 0.15) is 43.9 Å². The summed E-state index contributed by atoms with van der Waals surface area (Å²) in [6, 6.07) is 13.6. The van der Waals surface area contributed by atoms with Crippen molar-refractivity contribution in [3.63, 3.8) is 0 Å². The Morgan fingerprint density at radius 1 is 1.20 bits per heavy atom. The Morgan fingerprint density at radius 3 is 2.34 bits per heavy atom. The van der Waals surface area contributed by atoms with Crippen LogP contribution in [0.15, 0.2) is 54.9 Å². The number of carbonyl (C=O) groups excluding carboxylic acids is 2. The molecule has 0 aliphatic carbocycles. The number of nitrogens with zero attached hydrogens (tertiary/aromatic N) is 2. The molecule has 3 amide bonds. The second-order valence-corrected chi connectivity index (χ2v) is 8.43. The first-order chi connectivity index (χ1) is 16.5. The highest BCUT2D eigenvalue weighted by Crippen LogP contribution is 2.22. The van der Waals surface area contributed by atoms with Crippen LogP contribution in [-0.2, 0) is 16.1 Å². The summed E-state index contributed by atoms with van der Waals surface area (Å²) in [5, 5.41) is 13.3. The largest absolute Gasteiger partial charge is 0.490 e. The zero-order valence-corrected chi connectivity index (χ0v) is 19.5. The Kier molecular flexibility index (Phi) is 10.0. The summed E-state index contributed by atoms with van der Waals surface area (Å²) in [6.07, 6.45) is -0.326. The van der Waals surface area contributed by atoms with E-state index in [9.17, 15) is 22.8 Å². The van der Waals surface area contributed by atoms with Crippen molar-refractivity contribution >= 4 is 17.9 Å². The van der Waals surface area contributed by atoms with E-state index < -0.39 is 12.1 Å². The number of hydrogen-bond acceptors (Lipinski definition) is 4. The SMILES string of the molecule is CC(C)C(NC(=O)N(Cc1cccnc1)C[C@@H]1CCC(=O)N1)c1ccccc1.O=C(O)C(F)(F)F. The molecule has 1 aliphatic heterocycles. The summed E-state index contributed by atoms with van der Waals surface area (Å²) < 4.78 is 31.7. The number of urea groups is 1. The van der Waals surface area contributed by atoms with Crippen LogP contribution in [0.2, 0.25) is 0 Å². The van der Waals surface area contributed by atoms with Gasteiger partial charge in [-0.1, -0.05) is 50.2 Å². The maximum absolute atomic E-state index is 13.2. The predicted octanol–water partition coefficient (Wildman–Crippen LogP) is 3.90. The lowest BCUT2D eigenvalue weighted by atomic mass is 9.96. The van der Waals surface area contributed by atoms with E-state index in [1.165, 1.54) is 0 Å². The number of nitrogens with one attached hydrogen (secondary N) is 2. The van der Waals surface area contributed by atoms with Crippen LogP contribution in [0.4, 0.5) is 18.0 Å². The number of aliphatic carboxylic acids is 1. The van der Waals surface area contributed by atoms with Crippen LogP contribution >= 0.6 is 0 Å². The first-order valence-electron chi connectivity index (χ1n) is 11.1. The highest BCUT2D eigenvalue weighted by molar-refractivity contribution is 5.79. The summed E-state index contributed by atoms with van der Waals surface area (Å²) in [5.41, 5.74) is 2.05. The molecule has 1 saturated heterocycles. The minimum absolute atomic E-state index is 0.0100. The Hall–Kier alpha value is -3.63. The molecule has 0 spiro atoms. The molecule has 0 bridgehead atoms. The van der Waals surface area contributed by atoms with Gasteiger partial charge >= 0.3 is 18.2 Å². The van der Waals surface area contributed by atoms with Gasteiger partial charge in [0, 0.05) is 37.9 Å². The number of carbonyl (C=O) groups is 3. The summed E-state index contributed by atoms with van der Waals surface area (Å²) in [7, 11) is 0. The smallest absolute Gasteiger partial charge is 0.475 e. The fourth-order valence-electron chi connectivity index (χ4n) is 3.53. The average Bonchev–Trinajstić information content (AvgIpc) is 3.22. The van der Waals surface area contributed by atoms with Crippen LogP contribution in [0, 0.1) is 5.92 Å². The molecule has 1 aliphatic rings. The van der Waals surface area contributed by atoms with E-state index in [4.69, 9.17) is 9.90 Å². The molecule has 35 heavy (non-hydrogen) atoms. The number of benzene rings is 1. The number of aromatic nitrogens is 1. The van der Waals surface area contributed by atoms with Crippen molar-refractivity contribution in [1.29, 1.82) is 0 Å². The molecule has 2 heterocycles. The maximum Gasteiger partial charge on any atom is 0.490 e. The number of pyridine rings is 1. The lowest BCUT2D eigenvalue weighted by Gasteiger charge is -2.30. The highest BCUT2D eigenvalue weighted by Gasteiger charge is 2.38. The Labute approximate surface area is 201 Å². The molecule has 0 radical (unpaired) electrons. The molecule has 0 saturated carbocycles. The predicted molar refractivity (Wildman–Crippen MR) is 122 cm³/mol. The van der Waals surface area contributed by atoms with Gasteiger partial charge < -0.3 is 20.6 Å². The first-order valence-corrected chi connectivity index (χ1v) is 11.1. The van der Waals surface area contributed by atoms with Crippen LogP contribution in [0.25, 0.3) is 0 Å². The van der Waals surface area contributed by atoms with Crippen molar-refractivity contribution in [3.8, 4) is 0 Å². The van der Waals surface area contributed by atoms with Crippen LogP contribution in [-0.4, -0.2) is 51.7 Å². The van der Waals surface area contributed by atoms with Crippen molar-refractivity contribution in [1.82, 2.24) is 20.5 Å². The lowest BCUT2D eigenvalue weighted by molar-refractivity contribution is -0.192. The quantitative estimate of drug-likeness (QED) is 0.541. The van der Waals surface area contributed by atoms with E-state index in [0.29, 0.717) is 19.5 Å². The average molecular weight is 495 g/mol. The molecule has 1 unspecified atom stereocenters. The molecule has 8 nitrogen and oxygen atoms in total. The molecule has 190 valence electrons. The van der Waals surface area contributed by atoms with E-state index in [-0.39, 0.29) is 29.9 Å². The van der Waals surface area contributed by atoms with E-state index in [1.54, 1.807) is 17.3 Å². The number of hydrogen-bond donors (Lipinski definition) is 3. The second-order valence-electron chi connectivity index (χ2n) is 8.43. The summed E-state index contributed by atoms with van der Waals surface area (Å²) in [5.74, 6) is -2.46. The normalized spacial score (nSPS) is 16.1. The van der Waals surface area contributed by atoms with Crippen molar-refractivity contribution in [3.05, 3.63) is 66.0 Å². The number of halogens is 3. The molecule has 1 aromatic heterocycles. The zero-order valence-electron chi connectivity index (χ0n) is 19.5. The number of carboxylic acid groups (broad SMARTS) is 1. The third kappa shape index (κ3) is 9.26. The van der Waals surface area contributed by atoms with Crippen LogP contribution in [0.5, 0.6) is 0 Å². The van der Waals surface area contributed by atoms with E-state index in [1.807, 2.05) is 42.5 Å². The van der Waals surface area contributed by atoms with E-state index >= 15 is 0 Å². The van der Waals surface area contributed by atoms with Gasteiger partial charge in [-0.2, -0.15) is 13.2 Å². The fourth-order valence-corrected chi connectivity index (χ4v) is 3.53. The molecule has 2 aromatic rings. The lowest BCUT2D eigenvalue weighted by Crippen LogP contribution is -2.47. The van der Waals surface area contributed by atoms with Crippen molar-refractivity contribution in [2.75, 3.05) is 6.54 Å². The Balaban J connectivity index is 0.000000540. The molecule has 3 rings (SSSR count). The van der Waals surface area contributed by atoms with Gasteiger partial charge in [-0.05, 0) is 29.5 Å². The summed E-state index contributed by atoms with van der Waals surface area (Å²) >= 11 is 0. The molecule has 3 N–H and O–H groups in total. The number of carboxylic acids is 1. The minimum atomic E-state index is -5.08. The summed E-state index contributed by atoms with van der Waals surface area (Å²) in [6.45, 7) is 5.12. The van der Waals surface area contributed by atoms with Crippen molar-refractivity contribution in [2.24, 2.45) is 5.92 Å². The van der Waals surface area contributed by atoms with Crippen molar-refractivity contribution in [2.45, 2.75) is 51.5 Å². The minimum Gasteiger partial charge on any atom is -0.475 e. The van der Waals surface area contributed by atoms with Gasteiger partial charge in [-0.25, -0.2) is 9.59 Å². The zero-order chi connectivity index (χ0) is 26.0. The third-order valence-corrected chi connectivity index (χ3v) is 5.26. The van der Waals surface area contributed by atoms with Gasteiger partial charge in [0.1, 0.15) is 0 Å². The van der Waals surface area contributed by atoms with Gasteiger partial charge in [0.25, 0.3) is 0 Å². The third-order valence-electron chi connectivity index (χ3n) is 5.26. The molecular weight excluding hydrogens is 465 g/mol. The van der Waals surface area contributed by atoms with Crippen molar-refractivity contribution < 1.29 is 32.7 Å². The van der Waals surface area contributed by atoms with Gasteiger partial charge in [0.05, 0.1) is 6.04 Å². The van der Waals surface area contributed by atoms with Gasteiger partial charge in [-0.3, -0.25) is 9.78 Å². The topological polar surface area (TPSA) is 112 Å². The molecule has 1 fully saturated rings. The van der Waals surface area contributed by atoms with Gasteiger partial charge in [0.2, 0.25) is 5.91 Å². The Morgan fingerprint density at radius 2 is 1.86 bits per heavy atom. The maximum atomic E-state index is 13.2. The molecule has 11 heteroatoms. The van der Waals surface area contributed by atoms with Crippen LogP contribution in [0.3, 0.4) is 0 Å². The van der Waals surface area contributed by atoms with E-state index in [2.05, 4.69) is 29.5 Å². The van der Waals surface area contributed by atoms with Crippen LogP contribution < -0.4 is 10.6 Å². The van der Waals surface area contributed by atoms with Gasteiger partial charge in [0.15, 0.2) is 0 Å². The molecule has 1 aromatic carbocycles. The van der Waals surface area contributed by atoms with Gasteiger partial charge in [-0.15, -0.1) is 0 Å². The first kappa shape index (κ1) is 27.6. The fraction of sp³-hybridized carbons (Fsp3) is 0.417. The molecule has 2 atom stereocenters. The standard InChI is InChI=1S/C22H28N4O2.C2HF3O2/c1-16(2)21(18-8-4-3-5-9-18)25-22(28)26(14-17-7-6-12-23-13-17)15-19-10-11-20(27)24-19;3-2(4,5)1(6)7/h3-9,12-13,16,19,21H,10-11,14-15H2,1-2H3,(H,24,27)(H,25,28);(H,6,7)/t19-,21?;/m0./s1. The Bertz CT molecular complexity index is 972. The second kappa shape index (κ2) is 12.7. The monoisotopic (exact) mass is 494 g/mol. The number of rotatable bonds is 7. The molecular formula is C24H29F3N4O4. The van der Waals surface area contributed by atoms with E-state index in [0.717, 1.165) is 17.5 Å².